The molecule has 5 rings (SSSR count). The molecule has 3 heterocycles. The number of thioether (sulfide) groups is 1. The van der Waals surface area contributed by atoms with Gasteiger partial charge in [0.05, 0.1) is 24.7 Å². The van der Waals surface area contributed by atoms with E-state index in [9.17, 15) is 19.1 Å². The van der Waals surface area contributed by atoms with Crippen molar-refractivity contribution in [2.24, 2.45) is 4.99 Å². The first-order valence-electron chi connectivity index (χ1n) is 13.8. The Morgan fingerprint density at radius 3 is 2.44 bits per heavy atom. The van der Waals surface area contributed by atoms with Crippen LogP contribution in [-0.2, 0) is 16.1 Å². The van der Waals surface area contributed by atoms with Gasteiger partial charge in [-0.25, -0.2) is 9.38 Å². The number of dihydropyridines is 1. The quantitative estimate of drug-likeness (QED) is 0.482. The van der Waals surface area contributed by atoms with Gasteiger partial charge in [0, 0.05) is 17.5 Å². The van der Waals surface area contributed by atoms with Crippen LogP contribution in [0.4, 0.5) is 4.39 Å². The van der Waals surface area contributed by atoms with Crippen molar-refractivity contribution < 1.29 is 23.8 Å². The first kappa shape index (κ1) is 27.6. The molecule has 2 fully saturated rings. The average molecular weight is 558 g/mol. The number of nitrogens with zero attached hydrogens (tertiary/aromatic N) is 3. The van der Waals surface area contributed by atoms with E-state index in [1.165, 1.54) is 6.08 Å². The number of aliphatic hydroxyl groups is 1. The number of aromatic nitrogens is 2. The van der Waals surface area contributed by atoms with E-state index in [0.717, 1.165) is 35.3 Å². The maximum absolute atomic E-state index is 14.5. The largest absolute Gasteiger partial charge is 0.474 e. The normalized spacial score (nSPS) is 26.0. The molecule has 1 aromatic heterocycles. The fraction of sp³-hybridized carbons (Fsp3) is 0.571. The summed E-state index contributed by atoms with van der Waals surface area (Å²) < 4.78 is 22.2. The zero-order valence-corrected chi connectivity index (χ0v) is 23.0. The molecule has 210 valence electrons. The summed E-state index contributed by atoms with van der Waals surface area (Å²) in [6.45, 7) is 1.93. The van der Waals surface area contributed by atoms with Gasteiger partial charge in [-0.05, 0) is 69.1 Å². The molecule has 2 aliphatic heterocycles. The van der Waals surface area contributed by atoms with E-state index in [1.54, 1.807) is 11.6 Å². The Labute approximate surface area is 231 Å². The molecule has 1 aliphatic carbocycles. The maximum Gasteiger partial charge on any atom is 0.272 e. The number of benzene rings is 1. The van der Waals surface area contributed by atoms with E-state index in [0.29, 0.717) is 37.9 Å². The molecule has 0 bridgehead atoms. The predicted octanol–water partition coefficient (Wildman–Crippen LogP) is 3.16. The Hall–Kier alpha value is -2.92. The second-order valence-corrected chi connectivity index (χ2v) is 11.7. The minimum atomic E-state index is -1.33. The van der Waals surface area contributed by atoms with Crippen molar-refractivity contribution in [3.8, 4) is 0 Å². The summed E-state index contributed by atoms with van der Waals surface area (Å²) >= 11 is 1.88. The molecule has 2 amide bonds. The smallest absolute Gasteiger partial charge is 0.272 e. The minimum absolute atomic E-state index is 0.00392. The molecular weight excluding hydrogens is 521 g/mol. The van der Waals surface area contributed by atoms with Crippen LogP contribution in [0.2, 0.25) is 0 Å². The van der Waals surface area contributed by atoms with Crippen LogP contribution in [0, 0.1) is 0 Å². The highest BCUT2D eigenvalue weighted by atomic mass is 32.2. The van der Waals surface area contributed by atoms with Crippen molar-refractivity contribution in [2.75, 3.05) is 18.1 Å². The number of carbonyl (C=O) groups is 2. The highest BCUT2D eigenvalue weighted by Crippen LogP contribution is 2.26. The van der Waals surface area contributed by atoms with Gasteiger partial charge in [0.15, 0.2) is 5.69 Å². The van der Waals surface area contributed by atoms with Crippen LogP contribution in [0.1, 0.15) is 55.9 Å². The number of aliphatic imine (C=N–C) groups is 1. The summed E-state index contributed by atoms with van der Waals surface area (Å²) in [5.74, 6) is 1.65. The number of hydrogen-bond donors (Lipinski definition) is 3. The van der Waals surface area contributed by atoms with Crippen LogP contribution in [0.15, 0.2) is 40.9 Å². The van der Waals surface area contributed by atoms with Crippen LogP contribution < -0.4 is 10.6 Å². The topological polar surface area (TPSA) is 118 Å². The molecule has 2 unspecified atom stereocenters. The van der Waals surface area contributed by atoms with Gasteiger partial charge in [-0.3, -0.25) is 14.3 Å². The third-order valence-corrected chi connectivity index (χ3v) is 8.66. The molecular formula is C28H36FN5O4S. The number of halogens is 1. The first-order valence-corrected chi connectivity index (χ1v) is 14.9. The fourth-order valence-corrected chi connectivity index (χ4v) is 6.44. The number of hydrogen-bond acceptors (Lipinski definition) is 7. The number of alkyl halides is 1. The molecule has 1 saturated carbocycles. The molecule has 39 heavy (non-hydrogen) atoms. The van der Waals surface area contributed by atoms with E-state index in [4.69, 9.17) is 4.74 Å². The Kier molecular flexibility index (Phi) is 8.86. The van der Waals surface area contributed by atoms with Gasteiger partial charge in [-0.2, -0.15) is 16.9 Å². The van der Waals surface area contributed by atoms with E-state index in [-0.39, 0.29) is 48.1 Å². The summed E-state index contributed by atoms with van der Waals surface area (Å²) in [6.07, 6.45) is 4.55. The van der Waals surface area contributed by atoms with Gasteiger partial charge >= 0.3 is 0 Å². The standard InChI is InChI=1S/C28H36FN5O4S/c1-17-23(29)16-22(28(30-17)38-20-10-14-39-15-11-20)26(36)31-18-6-8-19(9-7-18)32-27(37)25-21-4-2-3-5-24(21)34(33-25)12-13-35/h2-5,16-20,23,35H,6-15H2,1H3,(H,31,36)(H,32,37). The number of rotatable bonds is 7. The van der Waals surface area contributed by atoms with Gasteiger partial charge in [-0.1, -0.05) is 18.2 Å². The Morgan fingerprint density at radius 1 is 1.08 bits per heavy atom. The second kappa shape index (κ2) is 12.5. The van der Waals surface area contributed by atoms with Gasteiger partial charge in [0.25, 0.3) is 11.8 Å². The van der Waals surface area contributed by atoms with Crippen LogP contribution in [-0.4, -0.2) is 81.1 Å². The molecule has 11 heteroatoms. The third kappa shape index (κ3) is 6.46. The van der Waals surface area contributed by atoms with Crippen molar-refractivity contribution in [3.63, 3.8) is 0 Å². The lowest BCUT2D eigenvalue weighted by atomic mass is 9.90. The van der Waals surface area contributed by atoms with Crippen molar-refractivity contribution in [2.45, 2.75) is 82.4 Å². The third-order valence-electron chi connectivity index (χ3n) is 7.61. The maximum atomic E-state index is 14.5. The van der Waals surface area contributed by atoms with Gasteiger partial charge in [0.1, 0.15) is 17.8 Å². The molecule has 1 aromatic carbocycles. The number of nitrogens with one attached hydrogen (secondary N) is 2. The summed E-state index contributed by atoms with van der Waals surface area (Å²) in [7, 11) is 0. The highest BCUT2D eigenvalue weighted by Gasteiger charge is 2.32. The molecule has 2 atom stereocenters. The van der Waals surface area contributed by atoms with Crippen LogP contribution in [0.5, 0.6) is 0 Å². The van der Waals surface area contributed by atoms with E-state index in [2.05, 4.69) is 20.7 Å². The van der Waals surface area contributed by atoms with Gasteiger partial charge in [0.2, 0.25) is 5.90 Å². The summed E-state index contributed by atoms with van der Waals surface area (Å²) in [5, 5.41) is 20.7. The predicted molar refractivity (Wildman–Crippen MR) is 150 cm³/mol. The molecule has 0 radical (unpaired) electrons. The SMILES string of the molecule is CC1N=C(OC2CCSCC2)C(C(=O)NC2CCC(NC(=O)c3nn(CCO)c4ccccc34)CC2)=CC1F. The van der Waals surface area contributed by atoms with Crippen LogP contribution in [0.3, 0.4) is 0 Å². The van der Waals surface area contributed by atoms with Gasteiger partial charge in [-0.15, -0.1) is 0 Å². The van der Waals surface area contributed by atoms with E-state index < -0.39 is 12.2 Å². The lowest BCUT2D eigenvalue weighted by molar-refractivity contribution is -0.118. The van der Waals surface area contributed by atoms with Crippen LogP contribution >= 0.6 is 11.8 Å². The summed E-state index contributed by atoms with van der Waals surface area (Å²) in [5.41, 5.74) is 1.33. The lowest BCUT2D eigenvalue weighted by Crippen LogP contribution is -2.45. The Bertz CT molecular complexity index is 1250. The van der Waals surface area contributed by atoms with Crippen LogP contribution in [0.25, 0.3) is 10.9 Å². The molecule has 0 spiro atoms. The number of ether oxygens (including phenoxy) is 1. The van der Waals surface area contributed by atoms with E-state index >= 15 is 0 Å². The van der Waals surface area contributed by atoms with Crippen molar-refractivity contribution in [1.82, 2.24) is 20.4 Å². The minimum Gasteiger partial charge on any atom is -0.474 e. The Balaban J connectivity index is 1.16. The number of fused-ring (bicyclic) bond motifs is 1. The highest BCUT2D eigenvalue weighted by molar-refractivity contribution is 7.99. The lowest BCUT2D eigenvalue weighted by Gasteiger charge is -2.31. The molecule has 9 nitrogen and oxygen atoms in total. The van der Waals surface area contributed by atoms with Crippen molar-refractivity contribution >= 4 is 40.4 Å². The monoisotopic (exact) mass is 557 g/mol. The Morgan fingerprint density at radius 2 is 1.74 bits per heavy atom. The first-order chi connectivity index (χ1) is 18.9. The number of para-hydroxylation sites is 1. The zero-order valence-electron chi connectivity index (χ0n) is 22.1. The number of amides is 2. The average Bonchev–Trinajstić information content (AvgIpc) is 3.31. The molecule has 3 N–H and O–H groups in total. The molecule has 2 aromatic rings. The second-order valence-electron chi connectivity index (χ2n) is 10.4. The fourth-order valence-electron chi connectivity index (χ4n) is 5.37. The van der Waals surface area contributed by atoms with Gasteiger partial charge < -0.3 is 20.5 Å². The number of aliphatic hydroxyl groups excluding tert-OH is 1. The van der Waals surface area contributed by atoms with Crippen molar-refractivity contribution in [3.05, 3.63) is 41.6 Å². The summed E-state index contributed by atoms with van der Waals surface area (Å²) in [4.78, 5) is 30.6. The van der Waals surface area contributed by atoms with Crippen molar-refractivity contribution in [1.29, 1.82) is 0 Å². The summed E-state index contributed by atoms with van der Waals surface area (Å²) in [6, 6.07) is 6.77. The van der Waals surface area contributed by atoms with E-state index in [1.807, 2.05) is 36.0 Å². The molecule has 1 saturated heterocycles. The molecule has 3 aliphatic rings. The number of carbonyl (C=O) groups excluding carboxylic acids is 2. The zero-order chi connectivity index (χ0) is 27.4.